The van der Waals surface area contributed by atoms with Crippen LogP contribution in [0.4, 0.5) is 0 Å². The minimum absolute atomic E-state index is 0.0373. The molecule has 0 aliphatic carbocycles. The molecule has 2 aromatic rings. The van der Waals surface area contributed by atoms with Gasteiger partial charge in [0.25, 0.3) is 11.8 Å². The topological polar surface area (TPSA) is 81.8 Å². The number of amides is 3. The minimum atomic E-state index is -0.656. The van der Waals surface area contributed by atoms with Crippen molar-refractivity contribution >= 4 is 45.0 Å². The summed E-state index contributed by atoms with van der Waals surface area (Å²) < 4.78 is 0.860. The Bertz CT molecular complexity index is 907. The summed E-state index contributed by atoms with van der Waals surface area (Å²) in [5, 5.41) is 5.51. The van der Waals surface area contributed by atoms with Gasteiger partial charge in [0.1, 0.15) is 6.04 Å². The molecule has 2 N–H and O–H groups in total. The molecule has 1 fully saturated rings. The van der Waals surface area contributed by atoms with Crippen LogP contribution in [0.1, 0.15) is 32.5 Å². The molecule has 1 aliphatic rings. The van der Waals surface area contributed by atoms with Crippen LogP contribution in [0.5, 0.6) is 0 Å². The molecule has 9 heteroatoms. The lowest BCUT2D eigenvalue weighted by molar-refractivity contribution is -0.122. The second-order valence-corrected chi connectivity index (χ2v) is 9.77. The summed E-state index contributed by atoms with van der Waals surface area (Å²) in [5.74, 6) is -0.507. The molecule has 1 unspecified atom stereocenters. The predicted octanol–water partition coefficient (Wildman–Crippen LogP) is 2.33. The second kappa shape index (κ2) is 10.2. The number of halogens is 1. The number of thiophene rings is 1. The maximum Gasteiger partial charge on any atom is 0.262 e. The van der Waals surface area contributed by atoms with Crippen LogP contribution in [0.15, 0.2) is 40.2 Å². The number of benzene rings is 1. The van der Waals surface area contributed by atoms with E-state index in [1.165, 1.54) is 11.3 Å². The molecule has 1 aromatic carbocycles. The fourth-order valence-corrected chi connectivity index (χ4v) is 4.36. The van der Waals surface area contributed by atoms with E-state index in [2.05, 4.69) is 38.5 Å². The van der Waals surface area contributed by atoms with Crippen molar-refractivity contribution in [1.29, 1.82) is 0 Å². The highest BCUT2D eigenvalue weighted by Crippen LogP contribution is 2.21. The Hall–Kier alpha value is -2.23. The van der Waals surface area contributed by atoms with Crippen molar-refractivity contribution < 1.29 is 14.4 Å². The molecular formula is C21H25BrN4O3S. The van der Waals surface area contributed by atoms with Gasteiger partial charge in [0.15, 0.2) is 0 Å². The van der Waals surface area contributed by atoms with E-state index in [-0.39, 0.29) is 17.7 Å². The lowest BCUT2D eigenvalue weighted by Gasteiger charge is -2.32. The maximum absolute atomic E-state index is 12.6. The Labute approximate surface area is 188 Å². The lowest BCUT2D eigenvalue weighted by atomic mass is 10.1. The fraction of sp³-hybridized carbons (Fsp3) is 0.381. The predicted molar refractivity (Wildman–Crippen MR) is 121 cm³/mol. The summed E-state index contributed by atoms with van der Waals surface area (Å²) in [6.45, 7) is 5.21. The molecule has 2 heterocycles. The molecule has 160 valence electrons. The summed E-state index contributed by atoms with van der Waals surface area (Å²) in [5.41, 5.74) is 1.54. The van der Waals surface area contributed by atoms with Crippen LogP contribution in [-0.2, 0) is 11.3 Å². The van der Waals surface area contributed by atoms with Crippen LogP contribution < -0.4 is 10.6 Å². The average molecular weight is 493 g/mol. The highest BCUT2D eigenvalue weighted by atomic mass is 79.9. The first kappa shape index (κ1) is 22.5. The summed E-state index contributed by atoms with van der Waals surface area (Å²) in [6.07, 6.45) is 0. The van der Waals surface area contributed by atoms with Crippen molar-refractivity contribution in [3.05, 3.63) is 56.2 Å². The highest BCUT2D eigenvalue weighted by molar-refractivity contribution is 9.11. The zero-order valence-electron chi connectivity index (χ0n) is 17.0. The Morgan fingerprint density at radius 1 is 1.07 bits per heavy atom. The SMILES string of the molecule is CC(NC(=O)c1ccc(Br)s1)C(=O)NCc1ccc(C(=O)N2CCN(C)CC2)cc1. The zero-order valence-corrected chi connectivity index (χ0v) is 19.4. The number of piperazine rings is 1. The highest BCUT2D eigenvalue weighted by Gasteiger charge is 2.20. The zero-order chi connectivity index (χ0) is 21.7. The number of hydrogen-bond acceptors (Lipinski definition) is 5. The van der Waals surface area contributed by atoms with E-state index in [4.69, 9.17) is 0 Å². The minimum Gasteiger partial charge on any atom is -0.350 e. The molecule has 3 amide bonds. The van der Waals surface area contributed by atoms with Crippen LogP contribution in [-0.4, -0.2) is 66.8 Å². The fourth-order valence-electron chi connectivity index (χ4n) is 3.07. The molecular weight excluding hydrogens is 468 g/mol. The van der Waals surface area contributed by atoms with Gasteiger partial charge in [0.2, 0.25) is 5.91 Å². The first-order valence-corrected chi connectivity index (χ1v) is 11.3. The van der Waals surface area contributed by atoms with E-state index in [1.54, 1.807) is 31.2 Å². The van der Waals surface area contributed by atoms with Crippen molar-refractivity contribution in [3.8, 4) is 0 Å². The number of carbonyl (C=O) groups excluding carboxylic acids is 3. The van der Waals surface area contributed by atoms with Gasteiger partial charge in [-0.2, -0.15) is 0 Å². The van der Waals surface area contributed by atoms with Crippen molar-refractivity contribution in [2.75, 3.05) is 33.2 Å². The Morgan fingerprint density at radius 3 is 2.33 bits per heavy atom. The van der Waals surface area contributed by atoms with E-state index in [0.717, 1.165) is 35.5 Å². The second-order valence-electron chi connectivity index (χ2n) is 7.31. The van der Waals surface area contributed by atoms with Gasteiger partial charge in [0, 0.05) is 38.3 Å². The van der Waals surface area contributed by atoms with Crippen LogP contribution >= 0.6 is 27.3 Å². The van der Waals surface area contributed by atoms with Crippen LogP contribution in [0.3, 0.4) is 0 Å². The Balaban J connectivity index is 1.47. The Kier molecular flexibility index (Phi) is 7.63. The number of nitrogens with zero attached hydrogens (tertiary/aromatic N) is 2. The standard InChI is InChI=1S/C21H25BrN4O3S/c1-14(24-20(28)17-7-8-18(22)30-17)19(27)23-13-15-3-5-16(6-4-15)21(29)26-11-9-25(2)10-12-26/h3-8,14H,9-13H2,1-2H3,(H,23,27)(H,24,28). The largest absolute Gasteiger partial charge is 0.350 e. The average Bonchev–Trinajstić information content (AvgIpc) is 3.19. The molecule has 0 saturated carbocycles. The molecule has 1 aromatic heterocycles. The lowest BCUT2D eigenvalue weighted by Crippen LogP contribution is -2.47. The third-order valence-corrected chi connectivity index (χ3v) is 6.62. The molecule has 1 atom stereocenters. The van der Waals surface area contributed by atoms with Gasteiger partial charge >= 0.3 is 0 Å². The molecule has 0 radical (unpaired) electrons. The molecule has 0 bridgehead atoms. The normalized spacial score (nSPS) is 15.5. The van der Waals surface area contributed by atoms with Crippen LogP contribution in [0, 0.1) is 0 Å². The third-order valence-electron chi connectivity index (χ3n) is 5.00. The first-order chi connectivity index (χ1) is 14.3. The van der Waals surface area contributed by atoms with Crippen molar-refractivity contribution in [2.24, 2.45) is 0 Å². The molecule has 1 aliphatic heterocycles. The summed E-state index contributed by atoms with van der Waals surface area (Å²) in [7, 11) is 2.05. The molecule has 3 rings (SSSR count). The van der Waals surface area contributed by atoms with Crippen LogP contribution in [0.2, 0.25) is 0 Å². The van der Waals surface area contributed by atoms with Gasteiger partial charge in [-0.15, -0.1) is 11.3 Å². The van der Waals surface area contributed by atoms with E-state index in [9.17, 15) is 14.4 Å². The van der Waals surface area contributed by atoms with Gasteiger partial charge in [-0.3, -0.25) is 14.4 Å². The molecule has 1 saturated heterocycles. The maximum atomic E-state index is 12.6. The van der Waals surface area contributed by atoms with Gasteiger partial charge in [0.05, 0.1) is 8.66 Å². The smallest absolute Gasteiger partial charge is 0.262 e. The Morgan fingerprint density at radius 2 is 1.73 bits per heavy atom. The summed E-state index contributed by atoms with van der Waals surface area (Å²) >= 11 is 4.63. The number of nitrogens with one attached hydrogen (secondary N) is 2. The van der Waals surface area contributed by atoms with Gasteiger partial charge < -0.3 is 20.4 Å². The molecule has 7 nitrogen and oxygen atoms in total. The third kappa shape index (κ3) is 5.90. The number of rotatable bonds is 6. The number of hydrogen-bond donors (Lipinski definition) is 2. The number of likely N-dealkylation sites (N-methyl/N-ethyl adjacent to an activating group) is 1. The van der Waals surface area contributed by atoms with Gasteiger partial charge in [-0.1, -0.05) is 12.1 Å². The van der Waals surface area contributed by atoms with E-state index in [0.29, 0.717) is 17.0 Å². The molecule has 0 spiro atoms. The van der Waals surface area contributed by atoms with Gasteiger partial charge in [-0.25, -0.2) is 0 Å². The van der Waals surface area contributed by atoms with Crippen molar-refractivity contribution in [2.45, 2.75) is 19.5 Å². The monoisotopic (exact) mass is 492 g/mol. The molecule has 30 heavy (non-hydrogen) atoms. The van der Waals surface area contributed by atoms with E-state index < -0.39 is 6.04 Å². The van der Waals surface area contributed by atoms with Crippen molar-refractivity contribution in [3.63, 3.8) is 0 Å². The quantitative estimate of drug-likeness (QED) is 0.648. The van der Waals surface area contributed by atoms with Crippen LogP contribution in [0.25, 0.3) is 0 Å². The first-order valence-electron chi connectivity index (χ1n) is 9.74. The van der Waals surface area contributed by atoms with E-state index in [1.807, 2.05) is 17.0 Å². The number of carbonyl (C=O) groups is 3. The summed E-state index contributed by atoms with van der Waals surface area (Å²) in [4.78, 5) is 41.7. The van der Waals surface area contributed by atoms with Crippen molar-refractivity contribution in [1.82, 2.24) is 20.4 Å². The van der Waals surface area contributed by atoms with E-state index >= 15 is 0 Å². The summed E-state index contributed by atoms with van der Waals surface area (Å²) in [6, 6.07) is 10.1. The van der Waals surface area contributed by atoms with Gasteiger partial charge in [-0.05, 0) is 59.7 Å².